The van der Waals surface area contributed by atoms with Crippen molar-refractivity contribution in [3.8, 4) is 0 Å². The van der Waals surface area contributed by atoms with E-state index in [1.807, 2.05) is 6.92 Å². The molecular weight excluding hydrogens is 259 g/mol. The fraction of sp³-hybridized carbons (Fsp3) is 0.467. The van der Waals surface area contributed by atoms with E-state index in [0.29, 0.717) is 24.9 Å². The van der Waals surface area contributed by atoms with Crippen LogP contribution in [0.2, 0.25) is 0 Å². The lowest BCUT2D eigenvalue weighted by Crippen LogP contribution is -2.62. The molecule has 0 aliphatic carbocycles. The van der Waals surface area contributed by atoms with Crippen LogP contribution in [0.3, 0.4) is 0 Å². The number of piperazine rings is 1. The predicted molar refractivity (Wildman–Crippen MR) is 73.5 cm³/mol. The van der Waals surface area contributed by atoms with Gasteiger partial charge < -0.3 is 10.2 Å². The molecule has 0 saturated carbocycles. The van der Waals surface area contributed by atoms with Crippen LogP contribution < -0.4 is 5.32 Å². The number of carbonyl (C=O) groups is 2. The van der Waals surface area contributed by atoms with Crippen molar-refractivity contribution in [3.63, 3.8) is 0 Å². The lowest BCUT2D eigenvalue weighted by molar-refractivity contribution is -0.148. The fourth-order valence-corrected chi connectivity index (χ4v) is 2.41. The third-order valence-corrected chi connectivity index (χ3v) is 3.73. The zero-order chi connectivity index (χ0) is 14.7. The Hall–Kier alpha value is -1.91. The third kappa shape index (κ3) is 2.81. The number of halogens is 1. The number of hydrogen-bond acceptors (Lipinski definition) is 2. The van der Waals surface area contributed by atoms with E-state index in [2.05, 4.69) is 5.32 Å². The molecule has 0 bridgehead atoms. The van der Waals surface area contributed by atoms with Gasteiger partial charge in [0.15, 0.2) is 0 Å². The number of hydrogen-bond donors (Lipinski definition) is 1. The van der Waals surface area contributed by atoms with Crippen LogP contribution in [0.5, 0.6) is 0 Å². The first-order valence-corrected chi connectivity index (χ1v) is 6.88. The molecule has 1 heterocycles. The molecule has 1 saturated heterocycles. The second-order valence-corrected chi connectivity index (χ2v) is 5.02. The van der Waals surface area contributed by atoms with Crippen LogP contribution in [0.25, 0.3) is 0 Å². The van der Waals surface area contributed by atoms with Crippen molar-refractivity contribution in [2.45, 2.75) is 38.8 Å². The van der Waals surface area contributed by atoms with Crippen LogP contribution in [-0.2, 0) is 16.0 Å². The van der Waals surface area contributed by atoms with Crippen LogP contribution in [0, 0.1) is 5.82 Å². The second-order valence-electron chi connectivity index (χ2n) is 5.02. The monoisotopic (exact) mass is 278 g/mol. The van der Waals surface area contributed by atoms with Crippen molar-refractivity contribution < 1.29 is 14.0 Å². The zero-order valence-electron chi connectivity index (χ0n) is 11.7. The summed E-state index contributed by atoms with van der Waals surface area (Å²) in [6, 6.07) is 5.54. The Morgan fingerprint density at radius 1 is 1.30 bits per heavy atom. The fourth-order valence-electron chi connectivity index (χ4n) is 2.41. The van der Waals surface area contributed by atoms with E-state index >= 15 is 0 Å². The maximum atomic E-state index is 13.6. The van der Waals surface area contributed by atoms with Gasteiger partial charge in [0.05, 0.1) is 0 Å². The average molecular weight is 278 g/mol. The van der Waals surface area contributed by atoms with E-state index in [4.69, 9.17) is 0 Å². The molecule has 108 valence electrons. The Kier molecular flexibility index (Phi) is 4.37. The van der Waals surface area contributed by atoms with Gasteiger partial charge in [-0.2, -0.15) is 0 Å². The summed E-state index contributed by atoms with van der Waals surface area (Å²) >= 11 is 0. The van der Waals surface area contributed by atoms with E-state index in [0.717, 1.165) is 0 Å². The SMILES string of the molecule is CCC1NC(=O)C(C)N(CCc2ccccc2F)C1=O. The standard InChI is InChI=1S/C15H19FN2O2/c1-3-13-15(20)18(10(2)14(19)17-13)9-8-11-6-4-5-7-12(11)16/h4-7,10,13H,3,8-9H2,1-2H3,(H,17,19). The average Bonchev–Trinajstić information content (AvgIpc) is 2.44. The zero-order valence-corrected chi connectivity index (χ0v) is 11.7. The van der Waals surface area contributed by atoms with Gasteiger partial charge in [0.2, 0.25) is 11.8 Å². The number of rotatable bonds is 4. The van der Waals surface area contributed by atoms with Crippen molar-refractivity contribution >= 4 is 11.8 Å². The molecule has 5 heteroatoms. The minimum Gasteiger partial charge on any atom is -0.343 e. The van der Waals surface area contributed by atoms with Gasteiger partial charge in [0.1, 0.15) is 17.9 Å². The number of carbonyl (C=O) groups excluding carboxylic acids is 2. The van der Waals surface area contributed by atoms with E-state index in [9.17, 15) is 14.0 Å². The van der Waals surface area contributed by atoms with Crippen molar-refractivity contribution in [2.24, 2.45) is 0 Å². The van der Waals surface area contributed by atoms with E-state index < -0.39 is 12.1 Å². The summed E-state index contributed by atoms with van der Waals surface area (Å²) in [6.45, 7) is 3.90. The van der Waals surface area contributed by atoms with Crippen LogP contribution in [0.1, 0.15) is 25.8 Å². The Morgan fingerprint density at radius 2 is 2.00 bits per heavy atom. The molecule has 2 rings (SSSR count). The van der Waals surface area contributed by atoms with Gasteiger partial charge in [0, 0.05) is 6.54 Å². The molecule has 2 unspecified atom stereocenters. The van der Waals surface area contributed by atoms with Gasteiger partial charge in [-0.1, -0.05) is 25.1 Å². The number of amides is 2. The van der Waals surface area contributed by atoms with E-state index in [1.54, 1.807) is 30.0 Å². The molecular formula is C15H19FN2O2. The van der Waals surface area contributed by atoms with Crippen LogP contribution in [-0.4, -0.2) is 35.3 Å². The quantitative estimate of drug-likeness (QED) is 0.907. The van der Waals surface area contributed by atoms with E-state index in [1.165, 1.54) is 6.07 Å². The van der Waals surface area contributed by atoms with Crippen LogP contribution in [0.4, 0.5) is 4.39 Å². The lowest BCUT2D eigenvalue weighted by Gasteiger charge is -2.37. The van der Waals surface area contributed by atoms with Crippen molar-refractivity contribution in [1.29, 1.82) is 0 Å². The van der Waals surface area contributed by atoms with Crippen molar-refractivity contribution in [1.82, 2.24) is 10.2 Å². The van der Waals surface area contributed by atoms with Gasteiger partial charge in [-0.3, -0.25) is 9.59 Å². The minimum absolute atomic E-state index is 0.0871. The molecule has 4 nitrogen and oxygen atoms in total. The second kappa shape index (κ2) is 6.03. The van der Waals surface area contributed by atoms with Crippen LogP contribution in [0.15, 0.2) is 24.3 Å². The summed E-state index contributed by atoms with van der Waals surface area (Å²) in [6.07, 6.45) is 0.972. The number of nitrogens with one attached hydrogen (secondary N) is 1. The molecule has 2 atom stereocenters. The molecule has 1 fully saturated rings. The van der Waals surface area contributed by atoms with Gasteiger partial charge in [-0.15, -0.1) is 0 Å². The van der Waals surface area contributed by atoms with Gasteiger partial charge >= 0.3 is 0 Å². The molecule has 1 aromatic rings. The Bertz CT molecular complexity index is 518. The summed E-state index contributed by atoms with van der Waals surface area (Å²) in [7, 11) is 0. The van der Waals surface area contributed by atoms with Gasteiger partial charge in [-0.25, -0.2) is 4.39 Å². The molecule has 1 aromatic carbocycles. The molecule has 2 amide bonds. The molecule has 20 heavy (non-hydrogen) atoms. The number of nitrogens with zero attached hydrogens (tertiary/aromatic N) is 1. The lowest BCUT2D eigenvalue weighted by atomic mass is 10.0. The largest absolute Gasteiger partial charge is 0.343 e. The highest BCUT2D eigenvalue weighted by Crippen LogP contribution is 2.14. The first kappa shape index (κ1) is 14.5. The molecule has 1 aliphatic rings. The maximum Gasteiger partial charge on any atom is 0.245 e. The highest BCUT2D eigenvalue weighted by Gasteiger charge is 2.36. The van der Waals surface area contributed by atoms with Crippen molar-refractivity contribution in [2.75, 3.05) is 6.54 Å². The van der Waals surface area contributed by atoms with E-state index in [-0.39, 0.29) is 17.6 Å². The molecule has 0 radical (unpaired) electrons. The smallest absolute Gasteiger partial charge is 0.245 e. The highest BCUT2D eigenvalue weighted by atomic mass is 19.1. The summed E-state index contributed by atoms with van der Waals surface area (Å²) in [5, 5.41) is 2.70. The maximum absolute atomic E-state index is 13.6. The Morgan fingerprint density at radius 3 is 2.65 bits per heavy atom. The summed E-state index contributed by atoms with van der Waals surface area (Å²) in [5.41, 5.74) is 0.562. The Labute approximate surface area is 118 Å². The summed E-state index contributed by atoms with van der Waals surface area (Å²) < 4.78 is 13.6. The molecule has 1 aliphatic heterocycles. The predicted octanol–water partition coefficient (Wildman–Crippen LogP) is 1.49. The number of benzene rings is 1. The van der Waals surface area contributed by atoms with Crippen LogP contribution >= 0.6 is 0 Å². The Balaban J connectivity index is 2.08. The summed E-state index contributed by atoms with van der Waals surface area (Å²) in [4.78, 5) is 25.6. The van der Waals surface area contributed by atoms with Gasteiger partial charge in [-0.05, 0) is 31.4 Å². The van der Waals surface area contributed by atoms with Gasteiger partial charge in [0.25, 0.3) is 0 Å². The van der Waals surface area contributed by atoms with Crippen molar-refractivity contribution in [3.05, 3.63) is 35.6 Å². The molecule has 0 aromatic heterocycles. The topological polar surface area (TPSA) is 49.4 Å². The highest BCUT2D eigenvalue weighted by molar-refractivity contribution is 5.96. The normalized spacial score (nSPS) is 22.9. The minimum atomic E-state index is -0.503. The third-order valence-electron chi connectivity index (χ3n) is 3.73. The first-order chi connectivity index (χ1) is 9.54. The first-order valence-electron chi connectivity index (χ1n) is 6.88. The molecule has 1 N–H and O–H groups in total. The summed E-state index contributed by atoms with van der Waals surface area (Å²) in [5.74, 6) is -0.512. The molecule has 0 spiro atoms.